The molecule has 1 aromatic heterocycles. The highest BCUT2D eigenvalue weighted by Crippen LogP contribution is 2.38. The zero-order valence-electron chi connectivity index (χ0n) is 11.9. The standard InChI is InChI=1S/C15H18ClNO3S/c1-19-11-4-3-9(7-12(11)20-2)10(8-17)15(18)13-5-6-14(16)21-13/h3-7,10,15,18H,8,17H2,1-2H3. The van der Waals surface area contributed by atoms with Gasteiger partial charge in [0.25, 0.3) is 0 Å². The average Bonchev–Trinajstić information content (AvgIpc) is 2.94. The van der Waals surface area contributed by atoms with Crippen LogP contribution in [-0.4, -0.2) is 25.9 Å². The maximum atomic E-state index is 10.5. The van der Waals surface area contributed by atoms with Gasteiger partial charge in [0.1, 0.15) is 0 Å². The molecular weight excluding hydrogens is 310 g/mol. The lowest BCUT2D eigenvalue weighted by atomic mass is 9.92. The van der Waals surface area contributed by atoms with Gasteiger partial charge in [0.05, 0.1) is 24.7 Å². The maximum Gasteiger partial charge on any atom is 0.160 e. The maximum absolute atomic E-state index is 10.5. The molecule has 2 unspecified atom stereocenters. The summed E-state index contributed by atoms with van der Waals surface area (Å²) < 4.78 is 11.2. The Balaban J connectivity index is 2.32. The second-order valence-electron chi connectivity index (χ2n) is 4.54. The van der Waals surface area contributed by atoms with E-state index in [1.54, 1.807) is 20.3 Å². The number of methoxy groups -OCH3 is 2. The van der Waals surface area contributed by atoms with Crippen molar-refractivity contribution >= 4 is 22.9 Å². The highest BCUT2D eigenvalue weighted by molar-refractivity contribution is 7.16. The number of halogens is 1. The number of nitrogens with two attached hydrogens (primary N) is 1. The van der Waals surface area contributed by atoms with Crippen LogP contribution in [0, 0.1) is 0 Å². The van der Waals surface area contributed by atoms with Crippen LogP contribution in [0.4, 0.5) is 0 Å². The van der Waals surface area contributed by atoms with Crippen LogP contribution >= 0.6 is 22.9 Å². The van der Waals surface area contributed by atoms with E-state index in [-0.39, 0.29) is 5.92 Å². The van der Waals surface area contributed by atoms with Crippen LogP contribution in [0.25, 0.3) is 0 Å². The van der Waals surface area contributed by atoms with Crippen molar-refractivity contribution in [2.75, 3.05) is 20.8 Å². The van der Waals surface area contributed by atoms with Crippen molar-refractivity contribution < 1.29 is 14.6 Å². The van der Waals surface area contributed by atoms with Crippen molar-refractivity contribution in [1.29, 1.82) is 0 Å². The molecular formula is C15H18ClNO3S. The van der Waals surface area contributed by atoms with Gasteiger partial charge in [-0.05, 0) is 29.8 Å². The van der Waals surface area contributed by atoms with E-state index >= 15 is 0 Å². The molecule has 0 fully saturated rings. The first-order chi connectivity index (χ1) is 10.1. The molecule has 2 aromatic rings. The summed E-state index contributed by atoms with van der Waals surface area (Å²) in [6.07, 6.45) is -0.703. The number of hydrogen-bond donors (Lipinski definition) is 2. The fraction of sp³-hybridized carbons (Fsp3) is 0.333. The molecule has 4 nitrogen and oxygen atoms in total. The lowest BCUT2D eigenvalue weighted by Gasteiger charge is -2.22. The van der Waals surface area contributed by atoms with E-state index in [1.807, 2.05) is 24.3 Å². The fourth-order valence-electron chi connectivity index (χ4n) is 2.22. The molecule has 0 saturated heterocycles. The van der Waals surface area contributed by atoms with Crippen molar-refractivity contribution in [2.24, 2.45) is 5.73 Å². The Labute approximate surface area is 133 Å². The third kappa shape index (κ3) is 3.49. The first kappa shape index (κ1) is 16.1. The molecule has 0 radical (unpaired) electrons. The van der Waals surface area contributed by atoms with E-state index in [0.29, 0.717) is 22.4 Å². The second-order valence-corrected chi connectivity index (χ2v) is 6.29. The molecule has 1 aromatic carbocycles. The van der Waals surface area contributed by atoms with Gasteiger partial charge in [-0.2, -0.15) is 0 Å². The van der Waals surface area contributed by atoms with Crippen LogP contribution < -0.4 is 15.2 Å². The summed E-state index contributed by atoms with van der Waals surface area (Å²) in [5.74, 6) is 1.02. The predicted molar refractivity (Wildman–Crippen MR) is 85.6 cm³/mol. The molecule has 0 aliphatic rings. The molecule has 2 atom stereocenters. The van der Waals surface area contributed by atoms with Crippen molar-refractivity contribution in [2.45, 2.75) is 12.0 Å². The number of rotatable bonds is 6. The van der Waals surface area contributed by atoms with Gasteiger partial charge in [-0.25, -0.2) is 0 Å². The van der Waals surface area contributed by atoms with Crippen LogP contribution in [0.3, 0.4) is 0 Å². The summed E-state index contributed by atoms with van der Waals surface area (Å²) in [5, 5.41) is 10.5. The number of aliphatic hydroxyl groups excluding tert-OH is 1. The summed E-state index contributed by atoms with van der Waals surface area (Å²) in [6.45, 7) is 0.312. The number of hydrogen-bond acceptors (Lipinski definition) is 5. The van der Waals surface area contributed by atoms with Crippen molar-refractivity contribution in [3.8, 4) is 11.5 Å². The van der Waals surface area contributed by atoms with E-state index in [4.69, 9.17) is 26.8 Å². The minimum atomic E-state index is -0.703. The Morgan fingerprint density at radius 1 is 1.19 bits per heavy atom. The lowest BCUT2D eigenvalue weighted by molar-refractivity contribution is 0.151. The van der Waals surface area contributed by atoms with Gasteiger partial charge in [-0.1, -0.05) is 17.7 Å². The highest BCUT2D eigenvalue weighted by Gasteiger charge is 2.24. The smallest absolute Gasteiger partial charge is 0.160 e. The summed E-state index contributed by atoms with van der Waals surface area (Å²) in [6, 6.07) is 9.13. The summed E-state index contributed by atoms with van der Waals surface area (Å²) in [7, 11) is 3.16. The van der Waals surface area contributed by atoms with E-state index in [9.17, 15) is 5.11 Å². The minimum Gasteiger partial charge on any atom is -0.493 e. The van der Waals surface area contributed by atoms with Gasteiger partial charge in [0.15, 0.2) is 11.5 Å². The minimum absolute atomic E-state index is 0.237. The molecule has 3 N–H and O–H groups in total. The van der Waals surface area contributed by atoms with Crippen LogP contribution in [0.5, 0.6) is 11.5 Å². The zero-order valence-corrected chi connectivity index (χ0v) is 13.4. The van der Waals surface area contributed by atoms with Gasteiger partial charge in [-0.3, -0.25) is 0 Å². The molecule has 1 heterocycles. The van der Waals surface area contributed by atoms with Crippen molar-refractivity contribution in [3.63, 3.8) is 0 Å². The van der Waals surface area contributed by atoms with Crippen LogP contribution in [-0.2, 0) is 0 Å². The van der Waals surface area contributed by atoms with Crippen LogP contribution in [0.15, 0.2) is 30.3 Å². The summed E-state index contributed by atoms with van der Waals surface area (Å²) in [5.41, 5.74) is 6.75. The number of aliphatic hydroxyl groups is 1. The molecule has 6 heteroatoms. The third-order valence-electron chi connectivity index (χ3n) is 3.36. The third-order valence-corrected chi connectivity index (χ3v) is 4.66. The SMILES string of the molecule is COc1ccc(C(CN)C(O)c2ccc(Cl)s2)cc1OC. The van der Waals surface area contributed by atoms with Gasteiger partial charge in [-0.15, -0.1) is 11.3 Å². The number of benzene rings is 1. The predicted octanol–water partition coefficient (Wildman–Crippen LogP) is 3.19. The summed E-state index contributed by atoms with van der Waals surface area (Å²) in [4.78, 5) is 0.797. The quantitative estimate of drug-likeness (QED) is 0.855. The highest BCUT2D eigenvalue weighted by atomic mass is 35.5. The molecule has 114 valence electrons. The molecule has 0 spiro atoms. The second kappa shape index (κ2) is 7.13. The summed E-state index contributed by atoms with van der Waals surface area (Å²) >= 11 is 7.28. The topological polar surface area (TPSA) is 64.7 Å². The van der Waals surface area contributed by atoms with Gasteiger partial charge < -0.3 is 20.3 Å². The normalized spacial score (nSPS) is 13.8. The molecule has 0 bridgehead atoms. The Hall–Kier alpha value is -1.27. The Bertz CT molecular complexity index is 602. The number of ether oxygens (including phenoxy) is 2. The monoisotopic (exact) mass is 327 g/mol. The molecule has 0 saturated carbocycles. The molecule has 0 aliphatic carbocycles. The van der Waals surface area contributed by atoms with Crippen molar-refractivity contribution in [1.82, 2.24) is 0 Å². The van der Waals surface area contributed by atoms with E-state index in [1.165, 1.54) is 11.3 Å². The number of thiophene rings is 1. The lowest BCUT2D eigenvalue weighted by Crippen LogP contribution is -2.19. The first-order valence-electron chi connectivity index (χ1n) is 6.46. The average molecular weight is 328 g/mol. The van der Waals surface area contributed by atoms with Gasteiger partial charge >= 0.3 is 0 Å². The van der Waals surface area contributed by atoms with Crippen molar-refractivity contribution in [3.05, 3.63) is 45.1 Å². The largest absolute Gasteiger partial charge is 0.493 e. The Morgan fingerprint density at radius 3 is 2.43 bits per heavy atom. The van der Waals surface area contributed by atoms with Crippen LogP contribution in [0.2, 0.25) is 4.34 Å². The first-order valence-corrected chi connectivity index (χ1v) is 7.65. The Morgan fingerprint density at radius 2 is 1.90 bits per heavy atom. The molecule has 0 aliphatic heterocycles. The molecule has 21 heavy (non-hydrogen) atoms. The van der Waals surface area contributed by atoms with Gasteiger partial charge in [0, 0.05) is 17.3 Å². The zero-order chi connectivity index (χ0) is 15.4. The van der Waals surface area contributed by atoms with E-state index in [0.717, 1.165) is 10.4 Å². The Kier molecular flexibility index (Phi) is 5.47. The molecule has 0 amide bonds. The fourth-order valence-corrected chi connectivity index (χ4v) is 3.33. The van der Waals surface area contributed by atoms with E-state index < -0.39 is 6.10 Å². The van der Waals surface area contributed by atoms with Crippen LogP contribution in [0.1, 0.15) is 22.5 Å². The van der Waals surface area contributed by atoms with E-state index in [2.05, 4.69) is 0 Å². The molecule has 2 rings (SSSR count). The van der Waals surface area contributed by atoms with Gasteiger partial charge in [0.2, 0.25) is 0 Å².